The fraction of sp³-hybridized carbons (Fsp3) is 0.435. The highest BCUT2D eigenvalue weighted by molar-refractivity contribution is 5.93. The summed E-state index contributed by atoms with van der Waals surface area (Å²) in [5.74, 6) is 1.75. The van der Waals surface area contributed by atoms with E-state index >= 15 is 0 Å². The second-order valence-corrected chi connectivity index (χ2v) is 8.30. The summed E-state index contributed by atoms with van der Waals surface area (Å²) in [6, 6.07) is 11.9. The van der Waals surface area contributed by atoms with Crippen LogP contribution in [0, 0.1) is 11.8 Å². The number of likely N-dealkylation sites (tertiary alicyclic amines) is 2. The van der Waals surface area contributed by atoms with Crippen LogP contribution in [0.25, 0.3) is 5.65 Å². The molecule has 1 amide bonds. The third kappa shape index (κ3) is 3.13. The molecule has 30 heavy (non-hydrogen) atoms. The lowest BCUT2D eigenvalue weighted by Gasteiger charge is -2.29. The van der Waals surface area contributed by atoms with Gasteiger partial charge in [0.05, 0.1) is 19.3 Å². The number of rotatable bonds is 5. The van der Waals surface area contributed by atoms with Crippen LogP contribution in [0.1, 0.15) is 35.4 Å². The fourth-order valence-electron chi connectivity index (χ4n) is 5.20. The summed E-state index contributed by atoms with van der Waals surface area (Å²) in [5.41, 5.74) is 2.38. The van der Waals surface area contributed by atoms with Crippen molar-refractivity contribution in [1.29, 1.82) is 0 Å². The number of hydrogen-bond acceptors (Lipinski definition) is 5. The topological polar surface area (TPSA) is 63.0 Å². The van der Waals surface area contributed by atoms with Gasteiger partial charge < -0.3 is 14.5 Å². The molecule has 2 aliphatic heterocycles. The minimum Gasteiger partial charge on any atom is -0.497 e. The molecule has 0 radical (unpaired) electrons. The number of imidazole rings is 1. The zero-order valence-electron chi connectivity index (χ0n) is 17.4. The van der Waals surface area contributed by atoms with Gasteiger partial charge in [0.15, 0.2) is 11.3 Å². The molecule has 1 aromatic carbocycles. The summed E-state index contributed by atoms with van der Waals surface area (Å²) in [4.78, 5) is 22.6. The summed E-state index contributed by atoms with van der Waals surface area (Å²) in [6.07, 6.45) is 4.49. The molecular formula is C23H27N5O2. The first-order valence-corrected chi connectivity index (χ1v) is 10.7. The number of carbonyl (C=O) groups is 1. The van der Waals surface area contributed by atoms with E-state index in [9.17, 15) is 4.79 Å². The quantitative estimate of drug-likeness (QED) is 0.653. The Kier molecular flexibility index (Phi) is 4.90. The lowest BCUT2D eigenvalue weighted by molar-refractivity contribution is 0.0692. The molecule has 0 unspecified atom stereocenters. The number of ether oxygens (including phenoxy) is 1. The van der Waals surface area contributed by atoms with Crippen LogP contribution in [0.4, 0.5) is 0 Å². The first-order valence-electron chi connectivity index (χ1n) is 10.7. The smallest absolute Gasteiger partial charge is 0.274 e. The van der Waals surface area contributed by atoms with Crippen molar-refractivity contribution in [2.45, 2.75) is 19.4 Å². The van der Waals surface area contributed by atoms with E-state index in [1.807, 2.05) is 29.2 Å². The van der Waals surface area contributed by atoms with Crippen molar-refractivity contribution in [2.24, 2.45) is 11.8 Å². The van der Waals surface area contributed by atoms with Gasteiger partial charge in [-0.05, 0) is 48.7 Å². The molecule has 0 aliphatic carbocycles. The van der Waals surface area contributed by atoms with Crippen LogP contribution in [0.5, 0.6) is 5.75 Å². The second kappa shape index (κ2) is 7.72. The number of hydrogen-bond donors (Lipinski definition) is 0. The maximum atomic E-state index is 13.7. The summed E-state index contributed by atoms with van der Waals surface area (Å²) in [7, 11) is 1.67. The van der Waals surface area contributed by atoms with Crippen molar-refractivity contribution in [2.75, 3.05) is 33.3 Å². The first-order chi connectivity index (χ1) is 14.7. The van der Waals surface area contributed by atoms with Crippen molar-refractivity contribution in [3.63, 3.8) is 0 Å². The maximum Gasteiger partial charge on any atom is 0.274 e. The molecule has 2 aliphatic rings. The Bertz CT molecular complexity index is 1050. The Morgan fingerprint density at radius 2 is 2.00 bits per heavy atom. The van der Waals surface area contributed by atoms with Gasteiger partial charge in [0, 0.05) is 31.7 Å². The number of aromatic nitrogens is 3. The van der Waals surface area contributed by atoms with E-state index in [0.717, 1.165) is 43.9 Å². The molecule has 0 bridgehead atoms. The SMILES string of the molecule is CCCN1C[C@H]2CN(C(=O)c3cnc4cccnn34)[C@@H](c3ccc(OC)cc3)[C@H]2C1. The predicted octanol–water partition coefficient (Wildman–Crippen LogP) is 2.89. The molecule has 0 saturated carbocycles. The Morgan fingerprint density at radius 1 is 1.17 bits per heavy atom. The standard InChI is InChI=1S/C23H27N5O2/c1-3-11-26-13-17-14-27(23(29)20-12-24-21-5-4-10-25-28(20)21)22(19(17)15-26)16-6-8-18(30-2)9-7-16/h4-10,12,17,19,22H,3,11,13-15H2,1-2H3/t17-,19-,22-/m0/s1. The highest BCUT2D eigenvalue weighted by atomic mass is 16.5. The summed E-state index contributed by atoms with van der Waals surface area (Å²) in [6.45, 7) is 6.20. The number of fused-ring (bicyclic) bond motifs is 2. The molecule has 5 rings (SSSR count). The van der Waals surface area contributed by atoms with Crippen molar-refractivity contribution < 1.29 is 9.53 Å². The molecule has 156 valence electrons. The first kappa shape index (κ1) is 19.1. The minimum absolute atomic E-state index is 0.00143. The zero-order chi connectivity index (χ0) is 20.7. The van der Waals surface area contributed by atoms with Gasteiger partial charge in [0.25, 0.3) is 5.91 Å². The Labute approximate surface area is 176 Å². The Balaban J connectivity index is 1.50. The van der Waals surface area contributed by atoms with E-state index in [2.05, 4.69) is 34.0 Å². The average Bonchev–Trinajstić information content (AvgIpc) is 3.46. The number of carbonyl (C=O) groups excluding carboxylic acids is 1. The summed E-state index contributed by atoms with van der Waals surface area (Å²) >= 11 is 0. The van der Waals surface area contributed by atoms with Crippen LogP contribution in [0.15, 0.2) is 48.8 Å². The summed E-state index contributed by atoms with van der Waals surface area (Å²) in [5, 5.41) is 4.34. The molecule has 0 N–H and O–H groups in total. The van der Waals surface area contributed by atoms with Gasteiger partial charge in [-0.1, -0.05) is 19.1 Å². The number of methoxy groups -OCH3 is 1. The Hall–Kier alpha value is -2.93. The van der Waals surface area contributed by atoms with Crippen molar-refractivity contribution >= 4 is 11.6 Å². The van der Waals surface area contributed by atoms with Gasteiger partial charge in [-0.15, -0.1) is 0 Å². The zero-order valence-corrected chi connectivity index (χ0v) is 17.4. The van der Waals surface area contributed by atoms with Gasteiger partial charge >= 0.3 is 0 Å². The highest BCUT2D eigenvalue weighted by Crippen LogP contribution is 2.45. The molecule has 7 nitrogen and oxygen atoms in total. The van der Waals surface area contributed by atoms with Crippen LogP contribution in [0.2, 0.25) is 0 Å². The molecule has 2 fully saturated rings. The monoisotopic (exact) mass is 405 g/mol. The van der Waals surface area contributed by atoms with Crippen molar-refractivity contribution in [3.05, 3.63) is 60.0 Å². The maximum absolute atomic E-state index is 13.7. The molecule has 7 heteroatoms. The second-order valence-electron chi connectivity index (χ2n) is 8.30. The van der Waals surface area contributed by atoms with Crippen molar-refractivity contribution in [1.82, 2.24) is 24.4 Å². The minimum atomic E-state index is -0.00143. The normalized spacial score (nSPS) is 23.8. The van der Waals surface area contributed by atoms with Crippen LogP contribution >= 0.6 is 0 Å². The number of nitrogens with zero attached hydrogens (tertiary/aromatic N) is 5. The Morgan fingerprint density at radius 3 is 2.77 bits per heavy atom. The average molecular weight is 406 g/mol. The van der Waals surface area contributed by atoms with Gasteiger partial charge in [-0.3, -0.25) is 4.79 Å². The van der Waals surface area contributed by atoms with E-state index in [1.54, 1.807) is 24.0 Å². The number of amides is 1. The van der Waals surface area contributed by atoms with E-state index in [-0.39, 0.29) is 11.9 Å². The molecule has 3 atom stereocenters. The van der Waals surface area contributed by atoms with Crippen LogP contribution in [-0.2, 0) is 0 Å². The molecule has 4 heterocycles. The van der Waals surface area contributed by atoms with Gasteiger partial charge in [-0.25, -0.2) is 9.50 Å². The number of benzene rings is 1. The fourth-order valence-corrected chi connectivity index (χ4v) is 5.20. The van der Waals surface area contributed by atoms with Gasteiger partial charge in [0.1, 0.15) is 5.75 Å². The van der Waals surface area contributed by atoms with Crippen molar-refractivity contribution in [3.8, 4) is 5.75 Å². The van der Waals surface area contributed by atoms with Crippen LogP contribution < -0.4 is 4.74 Å². The molecule has 0 spiro atoms. The third-order valence-corrected chi connectivity index (χ3v) is 6.49. The molecule has 2 aromatic heterocycles. The third-order valence-electron chi connectivity index (χ3n) is 6.49. The lowest BCUT2D eigenvalue weighted by atomic mass is 9.89. The largest absolute Gasteiger partial charge is 0.497 e. The summed E-state index contributed by atoms with van der Waals surface area (Å²) < 4.78 is 6.98. The highest BCUT2D eigenvalue weighted by Gasteiger charge is 2.49. The molecule has 3 aromatic rings. The predicted molar refractivity (Wildman–Crippen MR) is 113 cm³/mol. The van der Waals surface area contributed by atoms with Crippen LogP contribution in [-0.4, -0.2) is 63.6 Å². The van der Waals surface area contributed by atoms with Gasteiger partial charge in [-0.2, -0.15) is 5.10 Å². The van der Waals surface area contributed by atoms with E-state index in [4.69, 9.17) is 4.74 Å². The van der Waals surface area contributed by atoms with E-state index in [1.165, 1.54) is 0 Å². The van der Waals surface area contributed by atoms with Gasteiger partial charge in [0.2, 0.25) is 0 Å². The van der Waals surface area contributed by atoms with E-state index in [0.29, 0.717) is 23.2 Å². The molecule has 2 saturated heterocycles. The van der Waals surface area contributed by atoms with E-state index < -0.39 is 0 Å². The van der Waals surface area contributed by atoms with Crippen LogP contribution in [0.3, 0.4) is 0 Å². The lowest BCUT2D eigenvalue weighted by Crippen LogP contribution is -2.36. The molecular weight excluding hydrogens is 378 g/mol.